The molecule has 0 saturated heterocycles. The molecule has 1 amide bonds. The highest BCUT2D eigenvalue weighted by atomic mass is 16.5. The highest BCUT2D eigenvalue weighted by Crippen LogP contribution is 2.35. The van der Waals surface area contributed by atoms with Gasteiger partial charge in [-0.25, -0.2) is 0 Å². The highest BCUT2D eigenvalue weighted by Gasteiger charge is 2.33. The summed E-state index contributed by atoms with van der Waals surface area (Å²) in [6, 6.07) is 5.92. The van der Waals surface area contributed by atoms with Gasteiger partial charge in [0, 0.05) is 12.6 Å². The van der Waals surface area contributed by atoms with Crippen LogP contribution in [0.1, 0.15) is 32.3 Å². The number of hydrogen-bond donors (Lipinski definition) is 1. The number of hydrogen-bond acceptors (Lipinski definition) is 3. The predicted octanol–water partition coefficient (Wildman–Crippen LogP) is 2.24. The van der Waals surface area contributed by atoms with Crippen LogP contribution in [0.5, 0.6) is 5.75 Å². The summed E-state index contributed by atoms with van der Waals surface area (Å²) in [5.41, 5.74) is 7.97. The molecule has 2 atom stereocenters. The van der Waals surface area contributed by atoms with Crippen molar-refractivity contribution in [2.24, 2.45) is 5.73 Å². The molecule has 1 aliphatic heterocycles. The van der Waals surface area contributed by atoms with Crippen LogP contribution in [0.4, 0.5) is 5.69 Å². The summed E-state index contributed by atoms with van der Waals surface area (Å²) < 4.78 is 5.76. The zero-order valence-electron chi connectivity index (χ0n) is 11.8. The number of nitrogens with two attached hydrogens (primary N) is 1. The second-order valence-electron chi connectivity index (χ2n) is 5.10. The molecule has 0 spiro atoms. The molecular weight excluding hydrogens is 240 g/mol. The van der Waals surface area contributed by atoms with E-state index >= 15 is 0 Å². The first-order valence-electron chi connectivity index (χ1n) is 6.91. The molecule has 1 aliphatic rings. The Bertz CT molecular complexity index is 473. The Hall–Kier alpha value is -1.55. The first kappa shape index (κ1) is 13.9. The van der Waals surface area contributed by atoms with Gasteiger partial charge >= 0.3 is 0 Å². The Kier molecular flexibility index (Phi) is 4.10. The smallest absolute Gasteiger partial charge is 0.268 e. The Morgan fingerprint density at radius 1 is 1.42 bits per heavy atom. The number of anilines is 1. The van der Waals surface area contributed by atoms with Gasteiger partial charge in [0.15, 0.2) is 6.10 Å². The molecule has 0 aliphatic carbocycles. The molecule has 1 aromatic rings. The molecule has 4 nitrogen and oxygen atoms in total. The van der Waals surface area contributed by atoms with Crippen molar-refractivity contribution in [3.05, 3.63) is 23.8 Å². The van der Waals surface area contributed by atoms with Gasteiger partial charge < -0.3 is 15.4 Å². The van der Waals surface area contributed by atoms with Crippen LogP contribution in [0.15, 0.2) is 18.2 Å². The van der Waals surface area contributed by atoms with E-state index < -0.39 is 0 Å². The van der Waals surface area contributed by atoms with E-state index in [0.29, 0.717) is 13.0 Å². The predicted molar refractivity (Wildman–Crippen MR) is 76.5 cm³/mol. The summed E-state index contributed by atoms with van der Waals surface area (Å²) in [5, 5.41) is 0. The number of ether oxygens (including phenoxy) is 1. The lowest BCUT2D eigenvalue weighted by atomic mass is 10.1. The van der Waals surface area contributed by atoms with Gasteiger partial charge in [0.05, 0.1) is 5.69 Å². The average Bonchev–Trinajstić information content (AvgIpc) is 2.41. The van der Waals surface area contributed by atoms with Crippen molar-refractivity contribution in [1.29, 1.82) is 0 Å². The molecule has 1 heterocycles. The molecule has 0 saturated carbocycles. The van der Waals surface area contributed by atoms with E-state index in [0.717, 1.165) is 23.4 Å². The fraction of sp³-hybridized carbons (Fsp3) is 0.533. The van der Waals surface area contributed by atoms with E-state index in [1.807, 2.05) is 39.0 Å². The molecule has 19 heavy (non-hydrogen) atoms. The Labute approximate surface area is 114 Å². The van der Waals surface area contributed by atoms with Gasteiger partial charge in [-0.3, -0.25) is 4.79 Å². The van der Waals surface area contributed by atoms with Crippen molar-refractivity contribution in [2.75, 3.05) is 11.4 Å². The molecule has 0 aromatic heterocycles. The molecule has 2 rings (SSSR count). The standard InChI is InChI=1S/C15H22N2O2/c1-4-11(16)9-17-12-8-10(3)6-7-14(12)19-13(5-2)15(17)18/h6-8,11,13H,4-5,9,16H2,1-3H3. The van der Waals surface area contributed by atoms with Crippen LogP contribution in [0.2, 0.25) is 0 Å². The summed E-state index contributed by atoms with van der Waals surface area (Å²) in [7, 11) is 0. The molecule has 1 aromatic carbocycles. The SMILES string of the molecule is CCC(N)CN1C(=O)C(CC)Oc2ccc(C)cc21. The van der Waals surface area contributed by atoms with Gasteiger partial charge in [-0.2, -0.15) is 0 Å². The van der Waals surface area contributed by atoms with E-state index in [9.17, 15) is 4.79 Å². The first-order chi connectivity index (χ1) is 9.06. The maximum absolute atomic E-state index is 12.4. The summed E-state index contributed by atoms with van der Waals surface area (Å²) >= 11 is 0. The summed E-state index contributed by atoms with van der Waals surface area (Å²) in [5.74, 6) is 0.796. The van der Waals surface area contributed by atoms with Crippen LogP contribution in [0.3, 0.4) is 0 Å². The third kappa shape index (κ3) is 2.73. The minimum atomic E-state index is -0.390. The van der Waals surface area contributed by atoms with Crippen LogP contribution in [0.25, 0.3) is 0 Å². The maximum atomic E-state index is 12.4. The first-order valence-corrected chi connectivity index (χ1v) is 6.91. The lowest BCUT2D eigenvalue weighted by Crippen LogP contribution is -2.50. The minimum Gasteiger partial charge on any atom is -0.478 e. The minimum absolute atomic E-state index is 0.00656. The van der Waals surface area contributed by atoms with Gasteiger partial charge in [-0.15, -0.1) is 0 Å². The molecule has 4 heteroatoms. The second-order valence-corrected chi connectivity index (χ2v) is 5.10. The monoisotopic (exact) mass is 262 g/mol. The molecule has 2 unspecified atom stereocenters. The Morgan fingerprint density at radius 2 is 2.16 bits per heavy atom. The van der Waals surface area contributed by atoms with Gasteiger partial charge in [0.1, 0.15) is 5.75 Å². The molecule has 0 radical (unpaired) electrons. The number of carbonyl (C=O) groups excluding carboxylic acids is 1. The van der Waals surface area contributed by atoms with E-state index in [1.54, 1.807) is 4.90 Å². The quantitative estimate of drug-likeness (QED) is 0.905. The average molecular weight is 262 g/mol. The highest BCUT2D eigenvalue weighted by molar-refractivity contribution is 6.00. The lowest BCUT2D eigenvalue weighted by molar-refractivity contribution is -0.126. The van der Waals surface area contributed by atoms with Crippen LogP contribution < -0.4 is 15.4 Å². The van der Waals surface area contributed by atoms with Crippen molar-refractivity contribution in [3.63, 3.8) is 0 Å². The zero-order valence-corrected chi connectivity index (χ0v) is 11.8. The fourth-order valence-corrected chi connectivity index (χ4v) is 2.24. The van der Waals surface area contributed by atoms with Crippen molar-refractivity contribution < 1.29 is 9.53 Å². The largest absolute Gasteiger partial charge is 0.478 e. The zero-order chi connectivity index (χ0) is 14.0. The number of amides is 1. The van der Waals surface area contributed by atoms with E-state index in [2.05, 4.69) is 0 Å². The van der Waals surface area contributed by atoms with Crippen molar-refractivity contribution in [1.82, 2.24) is 0 Å². The topological polar surface area (TPSA) is 55.6 Å². The van der Waals surface area contributed by atoms with Gasteiger partial charge in [0.25, 0.3) is 5.91 Å². The number of aryl methyl sites for hydroxylation is 1. The van der Waals surface area contributed by atoms with Crippen LogP contribution in [-0.4, -0.2) is 24.6 Å². The number of rotatable bonds is 4. The Balaban J connectivity index is 2.38. The third-order valence-electron chi connectivity index (χ3n) is 3.53. The van der Waals surface area contributed by atoms with Crippen LogP contribution >= 0.6 is 0 Å². The second kappa shape index (κ2) is 5.61. The van der Waals surface area contributed by atoms with Gasteiger partial charge in [-0.05, 0) is 37.5 Å². The van der Waals surface area contributed by atoms with E-state index in [1.165, 1.54) is 0 Å². The number of fused-ring (bicyclic) bond motifs is 1. The fourth-order valence-electron chi connectivity index (χ4n) is 2.24. The number of benzene rings is 1. The van der Waals surface area contributed by atoms with E-state index in [-0.39, 0.29) is 18.1 Å². The van der Waals surface area contributed by atoms with Crippen molar-refractivity contribution in [3.8, 4) is 5.75 Å². The Morgan fingerprint density at radius 3 is 2.79 bits per heavy atom. The molecule has 0 bridgehead atoms. The maximum Gasteiger partial charge on any atom is 0.268 e. The van der Waals surface area contributed by atoms with Crippen molar-refractivity contribution >= 4 is 11.6 Å². The van der Waals surface area contributed by atoms with Gasteiger partial charge in [-0.1, -0.05) is 19.9 Å². The van der Waals surface area contributed by atoms with Crippen LogP contribution in [-0.2, 0) is 4.79 Å². The summed E-state index contributed by atoms with van der Waals surface area (Å²) in [6.07, 6.45) is 1.13. The summed E-state index contributed by atoms with van der Waals surface area (Å²) in [4.78, 5) is 14.2. The van der Waals surface area contributed by atoms with Gasteiger partial charge in [0.2, 0.25) is 0 Å². The summed E-state index contributed by atoms with van der Waals surface area (Å²) in [6.45, 7) is 6.55. The van der Waals surface area contributed by atoms with E-state index in [4.69, 9.17) is 10.5 Å². The third-order valence-corrected chi connectivity index (χ3v) is 3.53. The number of nitrogens with zero attached hydrogens (tertiary/aromatic N) is 1. The van der Waals surface area contributed by atoms with Crippen molar-refractivity contribution in [2.45, 2.75) is 45.8 Å². The lowest BCUT2D eigenvalue weighted by Gasteiger charge is -2.35. The molecular formula is C15H22N2O2. The van der Waals surface area contributed by atoms with Crippen LogP contribution in [0, 0.1) is 6.92 Å². The molecule has 0 fully saturated rings. The molecule has 2 N–H and O–H groups in total. The molecule has 104 valence electrons. The number of carbonyl (C=O) groups is 1. The normalized spacial score (nSPS) is 19.9.